The van der Waals surface area contributed by atoms with Gasteiger partial charge >= 0.3 is 6.18 Å². The van der Waals surface area contributed by atoms with Crippen molar-refractivity contribution in [1.82, 2.24) is 9.80 Å². The van der Waals surface area contributed by atoms with Crippen LogP contribution >= 0.6 is 0 Å². The van der Waals surface area contributed by atoms with Crippen molar-refractivity contribution < 1.29 is 18.0 Å². The second-order valence-electron chi connectivity index (χ2n) is 6.81. The van der Waals surface area contributed by atoms with Crippen LogP contribution in [0.4, 0.5) is 18.9 Å². The molecular weight excluding hydrogens is 307 g/mol. The fourth-order valence-electron chi connectivity index (χ4n) is 4.13. The van der Waals surface area contributed by atoms with Crippen LogP contribution in [0.2, 0.25) is 0 Å². The second-order valence-corrected chi connectivity index (χ2v) is 6.81. The largest absolute Gasteiger partial charge is 0.416 e. The third-order valence-corrected chi connectivity index (χ3v) is 5.36. The number of rotatable bonds is 1. The molecule has 0 aliphatic carbocycles. The number of amides is 1. The van der Waals surface area contributed by atoms with Gasteiger partial charge in [-0.05, 0) is 31.2 Å². The number of carbonyl (C=O) groups is 1. The first-order valence-corrected chi connectivity index (χ1v) is 7.72. The molecule has 4 nitrogen and oxygen atoms in total. The van der Waals surface area contributed by atoms with Crippen LogP contribution in [0.3, 0.4) is 0 Å². The van der Waals surface area contributed by atoms with Gasteiger partial charge in [0.05, 0.1) is 5.56 Å². The van der Waals surface area contributed by atoms with Crippen molar-refractivity contribution in [2.24, 2.45) is 0 Å². The topological polar surface area (TPSA) is 26.8 Å². The molecule has 0 aromatic heterocycles. The molecule has 2 saturated heterocycles. The number of nitrogens with zero attached hydrogens (tertiary/aromatic N) is 3. The molecule has 2 bridgehead atoms. The highest BCUT2D eigenvalue weighted by Crippen LogP contribution is 2.42. The predicted octanol–water partition coefficient (Wildman–Crippen LogP) is 2.18. The van der Waals surface area contributed by atoms with Crippen LogP contribution in [0, 0.1) is 0 Å². The van der Waals surface area contributed by atoms with E-state index in [0.29, 0.717) is 11.7 Å². The number of likely N-dealkylation sites (tertiary alicyclic amines) is 1. The number of hydrogen-bond donors (Lipinski definition) is 0. The van der Waals surface area contributed by atoms with Crippen LogP contribution < -0.4 is 4.90 Å². The lowest BCUT2D eigenvalue weighted by Gasteiger charge is -2.34. The number of likely N-dealkylation sites (N-methyl/N-ethyl adjacent to an activating group) is 1. The zero-order valence-electron chi connectivity index (χ0n) is 13.0. The van der Waals surface area contributed by atoms with E-state index in [1.54, 1.807) is 6.07 Å². The Bertz CT molecular complexity index is 686. The lowest BCUT2D eigenvalue weighted by molar-refractivity contribution is -0.138. The maximum atomic E-state index is 13.5. The first-order chi connectivity index (χ1) is 10.8. The van der Waals surface area contributed by atoms with Crippen LogP contribution in [-0.4, -0.2) is 55.0 Å². The second kappa shape index (κ2) is 4.63. The maximum Gasteiger partial charge on any atom is 0.416 e. The SMILES string of the molecule is CN1Cc2c(cc(N3CC4CC3CN4C)cc2C(F)(F)F)C1=O. The monoisotopic (exact) mass is 325 g/mol. The average Bonchev–Trinajstić information content (AvgIpc) is 3.11. The molecule has 1 aromatic carbocycles. The van der Waals surface area contributed by atoms with Gasteiger partial charge in [0.25, 0.3) is 5.91 Å². The molecule has 1 amide bonds. The van der Waals surface area contributed by atoms with Gasteiger partial charge in [-0.1, -0.05) is 0 Å². The molecule has 124 valence electrons. The van der Waals surface area contributed by atoms with E-state index in [4.69, 9.17) is 0 Å². The summed E-state index contributed by atoms with van der Waals surface area (Å²) in [6.07, 6.45) is -3.47. The summed E-state index contributed by atoms with van der Waals surface area (Å²) in [6.45, 7) is 1.61. The van der Waals surface area contributed by atoms with Crippen molar-refractivity contribution in [3.63, 3.8) is 0 Å². The Morgan fingerprint density at radius 2 is 1.87 bits per heavy atom. The van der Waals surface area contributed by atoms with E-state index in [0.717, 1.165) is 19.5 Å². The van der Waals surface area contributed by atoms with Gasteiger partial charge in [0.15, 0.2) is 0 Å². The van der Waals surface area contributed by atoms with Gasteiger partial charge in [0.1, 0.15) is 0 Å². The molecule has 0 spiro atoms. The van der Waals surface area contributed by atoms with E-state index in [2.05, 4.69) is 4.90 Å². The molecule has 0 radical (unpaired) electrons. The lowest BCUT2D eigenvalue weighted by Crippen LogP contribution is -2.44. The highest BCUT2D eigenvalue weighted by Gasteiger charge is 2.44. The number of alkyl halides is 3. The van der Waals surface area contributed by atoms with Crippen LogP contribution in [0.15, 0.2) is 12.1 Å². The van der Waals surface area contributed by atoms with Crippen molar-refractivity contribution in [2.75, 3.05) is 32.1 Å². The van der Waals surface area contributed by atoms with E-state index in [1.807, 2.05) is 11.9 Å². The minimum atomic E-state index is -4.44. The molecule has 0 N–H and O–H groups in total. The molecule has 2 unspecified atom stereocenters. The number of anilines is 1. The number of hydrogen-bond acceptors (Lipinski definition) is 3. The van der Waals surface area contributed by atoms with Gasteiger partial charge in [-0.15, -0.1) is 0 Å². The zero-order chi connectivity index (χ0) is 16.5. The van der Waals surface area contributed by atoms with E-state index >= 15 is 0 Å². The fourth-order valence-corrected chi connectivity index (χ4v) is 4.13. The number of carbonyl (C=O) groups excluding carboxylic acids is 1. The number of fused-ring (bicyclic) bond motifs is 3. The van der Waals surface area contributed by atoms with Crippen LogP contribution in [0.1, 0.15) is 27.9 Å². The fraction of sp³-hybridized carbons (Fsp3) is 0.562. The molecule has 3 heterocycles. The molecule has 1 aromatic rings. The van der Waals surface area contributed by atoms with E-state index in [9.17, 15) is 18.0 Å². The molecule has 23 heavy (non-hydrogen) atoms. The van der Waals surface area contributed by atoms with E-state index < -0.39 is 11.7 Å². The minimum Gasteiger partial charge on any atom is -0.366 e. The summed E-state index contributed by atoms with van der Waals surface area (Å²) < 4.78 is 40.4. The van der Waals surface area contributed by atoms with Crippen LogP contribution in [-0.2, 0) is 12.7 Å². The van der Waals surface area contributed by atoms with Crippen LogP contribution in [0.5, 0.6) is 0 Å². The molecule has 7 heteroatoms. The minimum absolute atomic E-state index is 0.0259. The predicted molar refractivity (Wildman–Crippen MR) is 79.4 cm³/mol. The highest BCUT2D eigenvalue weighted by molar-refractivity contribution is 5.99. The summed E-state index contributed by atoms with van der Waals surface area (Å²) in [5.74, 6) is -0.325. The number of halogens is 3. The summed E-state index contributed by atoms with van der Waals surface area (Å²) in [5.41, 5.74) is 0.169. The van der Waals surface area contributed by atoms with Crippen molar-refractivity contribution in [3.05, 3.63) is 28.8 Å². The lowest BCUT2D eigenvalue weighted by atomic mass is 10.0. The molecule has 3 aliphatic rings. The Morgan fingerprint density at radius 1 is 1.13 bits per heavy atom. The van der Waals surface area contributed by atoms with E-state index in [1.165, 1.54) is 18.0 Å². The normalized spacial score (nSPS) is 27.3. The van der Waals surface area contributed by atoms with Crippen molar-refractivity contribution in [3.8, 4) is 0 Å². The Kier molecular flexibility index (Phi) is 2.98. The molecule has 2 atom stereocenters. The van der Waals surface area contributed by atoms with Gasteiger partial charge in [0.2, 0.25) is 0 Å². The first-order valence-electron chi connectivity index (χ1n) is 7.72. The highest BCUT2D eigenvalue weighted by atomic mass is 19.4. The van der Waals surface area contributed by atoms with E-state index in [-0.39, 0.29) is 29.6 Å². The van der Waals surface area contributed by atoms with Gasteiger partial charge in [-0.3, -0.25) is 9.69 Å². The number of benzene rings is 1. The molecule has 3 aliphatic heterocycles. The number of piperazine rings is 1. The Hall–Kier alpha value is -1.76. The molecule has 0 saturated carbocycles. The van der Waals surface area contributed by atoms with Crippen molar-refractivity contribution in [1.29, 1.82) is 0 Å². The van der Waals surface area contributed by atoms with Gasteiger partial charge in [-0.2, -0.15) is 13.2 Å². The molecule has 4 rings (SSSR count). The maximum absolute atomic E-state index is 13.5. The van der Waals surface area contributed by atoms with Crippen LogP contribution in [0.25, 0.3) is 0 Å². The van der Waals surface area contributed by atoms with Crippen molar-refractivity contribution >= 4 is 11.6 Å². The Balaban J connectivity index is 1.79. The quantitative estimate of drug-likeness (QED) is 0.792. The summed E-state index contributed by atoms with van der Waals surface area (Å²) in [5, 5.41) is 0. The summed E-state index contributed by atoms with van der Waals surface area (Å²) in [7, 11) is 3.58. The smallest absolute Gasteiger partial charge is 0.366 e. The summed E-state index contributed by atoms with van der Waals surface area (Å²) in [4.78, 5) is 17.8. The van der Waals surface area contributed by atoms with Gasteiger partial charge in [0, 0.05) is 50.0 Å². The Labute approximate surface area is 132 Å². The average molecular weight is 325 g/mol. The summed E-state index contributed by atoms with van der Waals surface area (Å²) >= 11 is 0. The third-order valence-electron chi connectivity index (χ3n) is 5.36. The van der Waals surface area contributed by atoms with Crippen molar-refractivity contribution in [2.45, 2.75) is 31.2 Å². The summed E-state index contributed by atoms with van der Waals surface area (Å²) in [6, 6.07) is 3.50. The van der Waals surface area contributed by atoms with Gasteiger partial charge < -0.3 is 9.80 Å². The third kappa shape index (κ3) is 2.13. The standard InChI is InChI=1S/C16H18F3N3O/c1-20-6-11-3-10(20)7-22(11)9-4-12-13(8-21(2)15(12)23)14(5-9)16(17,18)19/h4-5,10-11H,3,6-8H2,1-2H3. The zero-order valence-corrected chi connectivity index (χ0v) is 13.0. The molecule has 2 fully saturated rings. The molecular formula is C16H18F3N3O. The Morgan fingerprint density at radius 3 is 2.43 bits per heavy atom. The van der Waals surface area contributed by atoms with Gasteiger partial charge in [-0.25, -0.2) is 0 Å². The first kappa shape index (κ1) is 14.8.